The highest BCUT2D eigenvalue weighted by Gasteiger charge is 2.26. The highest BCUT2D eigenvalue weighted by Crippen LogP contribution is 2.22. The molecule has 0 radical (unpaired) electrons. The van der Waals surface area contributed by atoms with Crippen molar-refractivity contribution in [3.8, 4) is 0 Å². The van der Waals surface area contributed by atoms with Crippen LogP contribution in [0.15, 0.2) is 44.9 Å². The average Bonchev–Trinajstić information content (AvgIpc) is 3.36. The molecule has 1 aromatic carbocycles. The topological polar surface area (TPSA) is 59.8 Å². The smallest absolute Gasteiger partial charge is 0.290 e. The van der Waals surface area contributed by atoms with Crippen molar-refractivity contribution in [1.29, 1.82) is 0 Å². The van der Waals surface area contributed by atoms with Crippen LogP contribution in [0.25, 0.3) is 11.0 Å². The second-order valence-electron chi connectivity index (χ2n) is 7.31. The predicted molar refractivity (Wildman–Crippen MR) is 110 cm³/mol. The summed E-state index contributed by atoms with van der Waals surface area (Å²) < 4.78 is 11.6. The molecule has 2 aromatic heterocycles. The van der Waals surface area contributed by atoms with E-state index in [1.165, 1.54) is 6.07 Å². The highest BCUT2D eigenvalue weighted by molar-refractivity contribution is 7.09. The van der Waals surface area contributed by atoms with Gasteiger partial charge >= 0.3 is 0 Å². The molecule has 1 amide bonds. The van der Waals surface area contributed by atoms with Crippen molar-refractivity contribution in [3.63, 3.8) is 0 Å². The van der Waals surface area contributed by atoms with Gasteiger partial charge in [-0.1, -0.05) is 6.07 Å². The molecular weight excluding hydrogens is 374 g/mol. The van der Waals surface area contributed by atoms with Crippen LogP contribution in [0, 0.1) is 13.8 Å². The van der Waals surface area contributed by atoms with Crippen LogP contribution in [0.4, 0.5) is 0 Å². The van der Waals surface area contributed by atoms with Crippen molar-refractivity contribution in [2.75, 3.05) is 13.2 Å². The second-order valence-corrected chi connectivity index (χ2v) is 8.34. The summed E-state index contributed by atoms with van der Waals surface area (Å²) in [7, 11) is 0. The van der Waals surface area contributed by atoms with Gasteiger partial charge in [-0.15, -0.1) is 11.3 Å². The lowest BCUT2D eigenvalue weighted by Crippen LogP contribution is -2.37. The number of thiophene rings is 1. The van der Waals surface area contributed by atoms with Crippen molar-refractivity contribution < 1.29 is 13.9 Å². The third-order valence-corrected chi connectivity index (χ3v) is 6.08. The Hall–Kier alpha value is -2.44. The number of ether oxygens (including phenoxy) is 1. The second kappa shape index (κ2) is 7.89. The Morgan fingerprint density at radius 2 is 2.07 bits per heavy atom. The molecule has 0 saturated carbocycles. The minimum atomic E-state index is -0.277. The lowest BCUT2D eigenvalue weighted by atomic mass is 10.1. The summed E-state index contributed by atoms with van der Waals surface area (Å²) in [6.07, 6.45) is 1.98. The zero-order valence-electron chi connectivity index (χ0n) is 16.1. The summed E-state index contributed by atoms with van der Waals surface area (Å²) in [5.74, 6) is -0.198. The molecule has 3 aromatic rings. The van der Waals surface area contributed by atoms with E-state index in [0.29, 0.717) is 24.1 Å². The van der Waals surface area contributed by atoms with E-state index < -0.39 is 0 Å². The van der Waals surface area contributed by atoms with Crippen LogP contribution >= 0.6 is 11.3 Å². The molecule has 1 atom stereocenters. The number of fused-ring (bicyclic) bond motifs is 1. The molecule has 6 heteroatoms. The van der Waals surface area contributed by atoms with Crippen LogP contribution in [-0.4, -0.2) is 30.1 Å². The van der Waals surface area contributed by atoms with Crippen molar-refractivity contribution in [2.45, 2.75) is 39.3 Å². The Labute approximate surface area is 167 Å². The lowest BCUT2D eigenvalue weighted by Gasteiger charge is -2.24. The number of rotatable bonds is 5. The van der Waals surface area contributed by atoms with Crippen LogP contribution < -0.4 is 5.43 Å². The molecule has 1 fully saturated rings. The first kappa shape index (κ1) is 18.9. The molecule has 0 spiro atoms. The Balaban J connectivity index is 1.68. The van der Waals surface area contributed by atoms with E-state index in [4.69, 9.17) is 9.15 Å². The first-order valence-electron chi connectivity index (χ1n) is 9.49. The summed E-state index contributed by atoms with van der Waals surface area (Å²) >= 11 is 1.60. The normalized spacial score (nSPS) is 16.6. The van der Waals surface area contributed by atoms with Gasteiger partial charge in [0.05, 0.1) is 18.0 Å². The van der Waals surface area contributed by atoms with Crippen LogP contribution in [0.2, 0.25) is 0 Å². The Morgan fingerprint density at radius 1 is 1.25 bits per heavy atom. The van der Waals surface area contributed by atoms with Crippen LogP contribution in [0.5, 0.6) is 0 Å². The van der Waals surface area contributed by atoms with Crippen molar-refractivity contribution in [2.24, 2.45) is 0 Å². The zero-order chi connectivity index (χ0) is 19.7. The number of carbonyl (C=O) groups excluding carboxylic acids is 1. The largest absolute Gasteiger partial charge is 0.451 e. The summed E-state index contributed by atoms with van der Waals surface area (Å²) in [6, 6.07) is 8.93. The van der Waals surface area contributed by atoms with Gasteiger partial charge in [0.25, 0.3) is 5.91 Å². The minimum absolute atomic E-state index is 0.0287. The van der Waals surface area contributed by atoms with Gasteiger partial charge in [-0.2, -0.15) is 0 Å². The molecule has 5 nitrogen and oxygen atoms in total. The van der Waals surface area contributed by atoms with Gasteiger partial charge in [0.15, 0.2) is 11.2 Å². The monoisotopic (exact) mass is 397 g/mol. The molecule has 0 N–H and O–H groups in total. The number of hydrogen-bond acceptors (Lipinski definition) is 5. The van der Waals surface area contributed by atoms with Crippen molar-refractivity contribution >= 4 is 28.2 Å². The lowest BCUT2D eigenvalue weighted by molar-refractivity contribution is 0.0486. The number of nitrogens with zero attached hydrogens (tertiary/aromatic N) is 1. The van der Waals surface area contributed by atoms with E-state index in [0.717, 1.165) is 35.5 Å². The molecule has 28 heavy (non-hydrogen) atoms. The van der Waals surface area contributed by atoms with Crippen LogP contribution in [0.1, 0.15) is 39.4 Å². The Bertz CT molecular complexity index is 1050. The molecule has 0 aliphatic carbocycles. The van der Waals surface area contributed by atoms with Gasteiger partial charge in [0.1, 0.15) is 5.58 Å². The maximum absolute atomic E-state index is 13.2. The standard InChI is InChI=1S/C22H23NO4S/c1-14-9-18-19(24)11-21(27-20(18)10-15(14)2)22(25)23(12-16-5-3-7-26-16)13-17-6-4-8-28-17/h4,6,8-11,16H,3,5,7,12-13H2,1-2H3/t16-/m1/s1. The van der Waals surface area contributed by atoms with Gasteiger partial charge < -0.3 is 14.1 Å². The molecule has 4 rings (SSSR count). The molecule has 0 bridgehead atoms. The quantitative estimate of drug-likeness (QED) is 0.644. The van der Waals surface area contributed by atoms with Gasteiger partial charge in [-0.05, 0) is 61.4 Å². The van der Waals surface area contributed by atoms with Gasteiger partial charge in [-0.3, -0.25) is 9.59 Å². The summed E-state index contributed by atoms with van der Waals surface area (Å²) in [5, 5.41) is 2.49. The maximum atomic E-state index is 13.2. The number of aryl methyl sites for hydroxylation is 2. The highest BCUT2D eigenvalue weighted by atomic mass is 32.1. The molecule has 1 aliphatic rings. The van der Waals surface area contributed by atoms with E-state index >= 15 is 0 Å². The van der Waals surface area contributed by atoms with Crippen LogP contribution in [-0.2, 0) is 11.3 Å². The summed E-state index contributed by atoms with van der Waals surface area (Å²) in [4.78, 5) is 28.7. The fourth-order valence-corrected chi connectivity index (χ4v) is 4.24. The van der Waals surface area contributed by atoms with E-state index in [2.05, 4.69) is 0 Å². The Kier molecular flexibility index (Phi) is 5.33. The van der Waals surface area contributed by atoms with E-state index in [1.54, 1.807) is 16.2 Å². The Morgan fingerprint density at radius 3 is 2.79 bits per heavy atom. The molecule has 0 unspecified atom stereocenters. The molecule has 146 valence electrons. The van der Waals surface area contributed by atoms with Crippen LogP contribution in [0.3, 0.4) is 0 Å². The first-order chi connectivity index (χ1) is 13.5. The van der Waals surface area contributed by atoms with Crippen molar-refractivity contribution in [3.05, 3.63) is 67.7 Å². The van der Waals surface area contributed by atoms with Gasteiger partial charge in [-0.25, -0.2) is 0 Å². The molecular formula is C22H23NO4S. The number of benzene rings is 1. The molecule has 1 saturated heterocycles. The predicted octanol–water partition coefficient (Wildman–Crippen LogP) is 4.29. The molecule has 3 heterocycles. The first-order valence-corrected chi connectivity index (χ1v) is 10.4. The SMILES string of the molecule is Cc1cc2oc(C(=O)N(Cc3cccs3)C[C@H]3CCCO3)cc(=O)c2cc1C. The fourth-order valence-electron chi connectivity index (χ4n) is 3.52. The summed E-state index contributed by atoms with van der Waals surface area (Å²) in [6.45, 7) is 5.62. The fraction of sp³-hybridized carbons (Fsp3) is 0.364. The van der Waals surface area contributed by atoms with E-state index in [1.807, 2.05) is 43.5 Å². The van der Waals surface area contributed by atoms with Crippen molar-refractivity contribution in [1.82, 2.24) is 4.90 Å². The minimum Gasteiger partial charge on any atom is -0.451 e. The van der Waals surface area contributed by atoms with Gasteiger partial charge in [0.2, 0.25) is 0 Å². The van der Waals surface area contributed by atoms with Gasteiger partial charge in [0, 0.05) is 24.1 Å². The van der Waals surface area contributed by atoms with E-state index in [-0.39, 0.29) is 23.2 Å². The zero-order valence-corrected chi connectivity index (χ0v) is 16.9. The maximum Gasteiger partial charge on any atom is 0.290 e. The number of carbonyl (C=O) groups is 1. The van der Waals surface area contributed by atoms with E-state index in [9.17, 15) is 9.59 Å². The molecule has 1 aliphatic heterocycles. The third-order valence-electron chi connectivity index (χ3n) is 5.22. The number of hydrogen-bond donors (Lipinski definition) is 0. The average molecular weight is 397 g/mol. The third kappa shape index (κ3) is 3.88. The number of amides is 1. The summed E-state index contributed by atoms with van der Waals surface area (Å²) in [5.41, 5.74) is 2.31.